The van der Waals surface area contributed by atoms with E-state index in [-0.39, 0.29) is 6.42 Å². The van der Waals surface area contributed by atoms with Crippen LogP contribution in [0.25, 0.3) is 0 Å². The summed E-state index contributed by atoms with van der Waals surface area (Å²) in [4.78, 5) is 30.5. The Bertz CT molecular complexity index is 158. The van der Waals surface area contributed by atoms with Crippen LogP contribution in [0.4, 0.5) is 0 Å². The third kappa shape index (κ3) is 2.09. The highest BCUT2D eigenvalue weighted by molar-refractivity contribution is 6.02. The van der Waals surface area contributed by atoms with Crippen LogP contribution in [-0.2, 0) is 14.4 Å². The zero-order valence-corrected chi connectivity index (χ0v) is 5.93. The predicted molar refractivity (Wildman–Crippen MR) is 34.8 cm³/mol. The maximum atomic E-state index is 10.8. The Morgan fingerprint density at radius 1 is 1.40 bits per heavy atom. The van der Waals surface area contributed by atoms with E-state index in [1.807, 2.05) is 0 Å². The van der Waals surface area contributed by atoms with Crippen LogP contribution >= 0.6 is 0 Å². The van der Waals surface area contributed by atoms with Gasteiger partial charge in [-0.2, -0.15) is 0 Å². The lowest BCUT2D eigenvalue weighted by Crippen LogP contribution is -2.25. The molecule has 0 rings (SSSR count). The third-order valence-corrected chi connectivity index (χ3v) is 1.18. The van der Waals surface area contributed by atoms with Gasteiger partial charge in [-0.05, 0) is 13.8 Å². The number of carbonyl (C=O) groups excluding carboxylic acids is 3. The van der Waals surface area contributed by atoms with E-state index in [0.29, 0.717) is 0 Å². The second kappa shape index (κ2) is 3.25. The fraction of sp³-hybridized carbons (Fsp3) is 0.571. The Labute approximate surface area is 59.4 Å². The SMILES string of the molecule is CC(C)([C]=O)C(=O)C[C]=O. The van der Waals surface area contributed by atoms with Gasteiger partial charge in [0.05, 0.1) is 11.8 Å². The summed E-state index contributed by atoms with van der Waals surface area (Å²) in [7, 11) is 0. The van der Waals surface area contributed by atoms with Crippen molar-refractivity contribution in [2.45, 2.75) is 20.3 Å². The molecule has 0 aliphatic carbocycles. The Balaban J connectivity index is 4.17. The topological polar surface area (TPSA) is 51.2 Å². The van der Waals surface area contributed by atoms with Gasteiger partial charge in [0.1, 0.15) is 0 Å². The molecule has 0 aliphatic heterocycles. The fourth-order valence-corrected chi connectivity index (χ4v) is 0.343. The van der Waals surface area contributed by atoms with Crippen LogP contribution in [0.15, 0.2) is 0 Å². The number of carbonyl (C=O) groups is 1. The van der Waals surface area contributed by atoms with Crippen molar-refractivity contribution < 1.29 is 14.4 Å². The summed E-state index contributed by atoms with van der Waals surface area (Å²) >= 11 is 0. The molecule has 0 aromatic carbocycles. The molecule has 0 atom stereocenters. The van der Waals surface area contributed by atoms with Crippen molar-refractivity contribution in [3.8, 4) is 0 Å². The number of hydrogen-bond acceptors (Lipinski definition) is 3. The van der Waals surface area contributed by atoms with Crippen LogP contribution in [0.1, 0.15) is 20.3 Å². The van der Waals surface area contributed by atoms with Gasteiger partial charge >= 0.3 is 0 Å². The lowest BCUT2D eigenvalue weighted by molar-refractivity contribution is -0.122. The molecule has 10 heavy (non-hydrogen) atoms. The molecule has 0 aromatic rings. The van der Waals surface area contributed by atoms with Crippen LogP contribution in [0.5, 0.6) is 0 Å². The minimum absolute atomic E-state index is 0.331. The summed E-state index contributed by atoms with van der Waals surface area (Å²) in [6, 6.07) is 0. The minimum Gasteiger partial charge on any atom is -0.298 e. The molecule has 0 unspecified atom stereocenters. The van der Waals surface area contributed by atoms with Gasteiger partial charge in [0.2, 0.25) is 12.6 Å². The van der Waals surface area contributed by atoms with Crippen molar-refractivity contribution in [2.75, 3.05) is 0 Å². The predicted octanol–water partition coefficient (Wildman–Crippen LogP) is 0.191. The molecule has 0 saturated heterocycles. The molecule has 0 aromatic heterocycles. The van der Waals surface area contributed by atoms with Crippen LogP contribution in [0.2, 0.25) is 0 Å². The van der Waals surface area contributed by atoms with E-state index in [2.05, 4.69) is 0 Å². The minimum atomic E-state index is -1.16. The molecule has 0 saturated carbocycles. The van der Waals surface area contributed by atoms with E-state index < -0.39 is 11.2 Å². The van der Waals surface area contributed by atoms with Crippen molar-refractivity contribution in [3.05, 3.63) is 0 Å². The number of Topliss-reactive ketones (excluding diaryl/α,β-unsaturated/α-hetero) is 1. The lowest BCUT2D eigenvalue weighted by Gasteiger charge is -2.10. The molecule has 0 fully saturated rings. The van der Waals surface area contributed by atoms with E-state index >= 15 is 0 Å². The van der Waals surface area contributed by atoms with Crippen LogP contribution in [-0.4, -0.2) is 18.4 Å². The highest BCUT2D eigenvalue weighted by Crippen LogP contribution is 2.13. The summed E-state index contributed by atoms with van der Waals surface area (Å²) in [6.07, 6.45) is 2.65. The van der Waals surface area contributed by atoms with Crippen molar-refractivity contribution in [1.29, 1.82) is 0 Å². The van der Waals surface area contributed by atoms with Gasteiger partial charge in [-0.15, -0.1) is 0 Å². The second-order valence-corrected chi connectivity index (χ2v) is 2.47. The largest absolute Gasteiger partial charge is 0.298 e. The molecule has 54 valence electrons. The average molecular weight is 140 g/mol. The average Bonchev–Trinajstić information content (AvgIpc) is 1.89. The highest BCUT2D eigenvalue weighted by atomic mass is 16.2. The van der Waals surface area contributed by atoms with Crippen LogP contribution in [0.3, 0.4) is 0 Å². The van der Waals surface area contributed by atoms with E-state index in [9.17, 15) is 14.4 Å². The van der Waals surface area contributed by atoms with Crippen LogP contribution < -0.4 is 0 Å². The monoisotopic (exact) mass is 140 g/mol. The normalized spacial score (nSPS) is 10.6. The number of ketones is 1. The van der Waals surface area contributed by atoms with Crippen molar-refractivity contribution in [3.63, 3.8) is 0 Å². The summed E-state index contributed by atoms with van der Waals surface area (Å²) in [6.45, 7) is 2.83. The fourth-order valence-electron chi connectivity index (χ4n) is 0.343. The Hall–Kier alpha value is -0.990. The first-order valence-corrected chi connectivity index (χ1v) is 2.82. The van der Waals surface area contributed by atoms with Gasteiger partial charge in [-0.3, -0.25) is 14.4 Å². The molecule has 0 amide bonds. The summed E-state index contributed by atoms with van der Waals surface area (Å²) in [5.41, 5.74) is -1.16. The van der Waals surface area contributed by atoms with Crippen molar-refractivity contribution in [2.24, 2.45) is 5.41 Å². The van der Waals surface area contributed by atoms with Crippen LogP contribution in [0, 0.1) is 5.41 Å². The molecule has 0 N–H and O–H groups in total. The van der Waals surface area contributed by atoms with E-state index in [1.54, 1.807) is 6.29 Å². The molecule has 3 heteroatoms. The maximum absolute atomic E-state index is 10.8. The van der Waals surface area contributed by atoms with Gasteiger partial charge in [-0.1, -0.05) is 0 Å². The van der Waals surface area contributed by atoms with Gasteiger partial charge in [-0.25, -0.2) is 0 Å². The molecular formula is C7H8O3. The van der Waals surface area contributed by atoms with Gasteiger partial charge in [0, 0.05) is 0 Å². The molecular weight excluding hydrogens is 132 g/mol. The van der Waals surface area contributed by atoms with E-state index in [4.69, 9.17) is 0 Å². The summed E-state index contributed by atoms with van der Waals surface area (Å²) in [5.74, 6) is -0.447. The molecule has 0 aliphatic rings. The Morgan fingerprint density at radius 3 is 2.20 bits per heavy atom. The molecule has 0 spiro atoms. The zero-order chi connectivity index (χ0) is 8.20. The molecule has 0 heterocycles. The first-order chi connectivity index (χ1) is 4.54. The first-order valence-electron chi connectivity index (χ1n) is 2.82. The zero-order valence-electron chi connectivity index (χ0n) is 5.93. The number of rotatable bonds is 4. The Kier molecular flexibility index (Phi) is 2.93. The molecule has 2 radical (unpaired) electrons. The first kappa shape index (κ1) is 9.01. The van der Waals surface area contributed by atoms with Gasteiger partial charge < -0.3 is 0 Å². The summed E-state index contributed by atoms with van der Waals surface area (Å²) < 4.78 is 0. The van der Waals surface area contributed by atoms with Gasteiger partial charge in [0.25, 0.3) is 0 Å². The van der Waals surface area contributed by atoms with E-state index in [0.717, 1.165) is 0 Å². The summed E-state index contributed by atoms with van der Waals surface area (Å²) in [5, 5.41) is 0. The number of hydrogen-bond donors (Lipinski definition) is 0. The second-order valence-electron chi connectivity index (χ2n) is 2.47. The molecule has 0 bridgehead atoms. The quantitative estimate of drug-likeness (QED) is 0.524. The lowest BCUT2D eigenvalue weighted by atomic mass is 9.89. The van der Waals surface area contributed by atoms with Gasteiger partial charge in [0.15, 0.2) is 5.78 Å². The maximum Gasteiger partial charge on any atom is 0.212 e. The van der Waals surface area contributed by atoms with E-state index in [1.165, 1.54) is 20.1 Å². The smallest absolute Gasteiger partial charge is 0.212 e. The third-order valence-electron chi connectivity index (χ3n) is 1.18. The standard InChI is InChI=1S/C7H8O3/c1-7(2,5-9)6(10)3-4-8/h3H2,1-2H3. The Morgan fingerprint density at radius 2 is 1.90 bits per heavy atom. The highest BCUT2D eigenvalue weighted by Gasteiger charge is 2.27. The molecule has 3 nitrogen and oxygen atoms in total. The van der Waals surface area contributed by atoms with Crippen molar-refractivity contribution >= 4 is 18.4 Å². The van der Waals surface area contributed by atoms with Crippen molar-refractivity contribution in [1.82, 2.24) is 0 Å².